The Kier molecular flexibility index (Phi) is 5.38. The number of phenolic OH excluding ortho intramolecular Hbond substituents is 2. The molecule has 87 valence electrons. The molecule has 1 rings (SSSR count). The van der Waals surface area contributed by atoms with Crippen molar-refractivity contribution in [1.29, 1.82) is 0 Å². The van der Waals surface area contributed by atoms with Crippen LogP contribution in [0.3, 0.4) is 0 Å². The quantitative estimate of drug-likeness (QED) is 0.429. The van der Waals surface area contributed by atoms with Crippen molar-refractivity contribution in [2.24, 2.45) is 5.73 Å². The fourth-order valence-electron chi connectivity index (χ4n) is 1.04. The van der Waals surface area contributed by atoms with E-state index in [4.69, 9.17) is 21.1 Å². The summed E-state index contributed by atoms with van der Waals surface area (Å²) < 4.78 is 0. The Balaban J connectivity index is 0.00000196. The Labute approximate surface area is 102 Å². The molecule has 1 aromatic carbocycles. The molecule has 1 atom stereocenters. The van der Waals surface area contributed by atoms with Gasteiger partial charge in [-0.3, -0.25) is 4.79 Å². The molecule has 5 nitrogen and oxygen atoms in total. The molecule has 1 radical (unpaired) electrons. The predicted octanol–water partition coefficient (Wildman–Crippen LogP) is 0.0497. The molecule has 0 saturated heterocycles. The molecule has 0 aliphatic rings. The van der Waals surface area contributed by atoms with Crippen LogP contribution in [0.25, 0.3) is 0 Å². The minimum atomic E-state index is -1.10. The first-order valence-corrected chi connectivity index (χ1v) is 4.00. The number of aliphatic carboxylic acids is 1. The topological polar surface area (TPSA) is 104 Å². The Morgan fingerprint density at radius 2 is 1.93 bits per heavy atom. The smallest absolute Gasteiger partial charge is 0.320 e. The zero-order valence-corrected chi connectivity index (χ0v) is 9.81. The molecule has 15 heavy (non-hydrogen) atoms. The molecule has 0 aromatic heterocycles. The molecule has 0 aliphatic heterocycles. The van der Waals surface area contributed by atoms with E-state index < -0.39 is 12.0 Å². The van der Waals surface area contributed by atoms with Crippen molar-refractivity contribution in [3.63, 3.8) is 0 Å². The van der Waals surface area contributed by atoms with Crippen LogP contribution in [-0.2, 0) is 33.6 Å². The summed E-state index contributed by atoms with van der Waals surface area (Å²) in [7, 11) is 0. The fourth-order valence-corrected chi connectivity index (χ4v) is 1.04. The van der Waals surface area contributed by atoms with E-state index in [-0.39, 0.29) is 40.3 Å². The van der Waals surface area contributed by atoms with Gasteiger partial charge in [-0.2, -0.15) is 0 Å². The summed E-state index contributed by atoms with van der Waals surface area (Å²) in [6.07, 6.45) is 0.114. The van der Waals surface area contributed by atoms with Crippen molar-refractivity contribution < 1.29 is 42.5 Å². The molecule has 6 heteroatoms. The molecule has 5 N–H and O–H groups in total. The molecule has 0 amide bonds. The normalized spacial score (nSPS) is 11.5. The average Bonchev–Trinajstić information content (AvgIpc) is 2.11. The van der Waals surface area contributed by atoms with Gasteiger partial charge in [-0.25, -0.2) is 0 Å². The zero-order valence-electron chi connectivity index (χ0n) is 7.65. The van der Waals surface area contributed by atoms with Crippen LogP contribution in [0.15, 0.2) is 18.2 Å². The predicted molar refractivity (Wildman–Crippen MR) is 49.1 cm³/mol. The summed E-state index contributed by atoms with van der Waals surface area (Å²) >= 11 is 0. The van der Waals surface area contributed by atoms with Gasteiger partial charge in [0, 0.05) is 22.4 Å². The van der Waals surface area contributed by atoms with Gasteiger partial charge in [0.1, 0.15) is 6.04 Å². The zero-order chi connectivity index (χ0) is 10.7. The van der Waals surface area contributed by atoms with Crippen LogP contribution in [0.4, 0.5) is 0 Å². The van der Waals surface area contributed by atoms with Gasteiger partial charge in [0.2, 0.25) is 0 Å². The van der Waals surface area contributed by atoms with Gasteiger partial charge in [0.15, 0.2) is 11.5 Å². The summed E-state index contributed by atoms with van der Waals surface area (Å²) in [6, 6.07) is 3.09. The van der Waals surface area contributed by atoms with Gasteiger partial charge in [-0.1, -0.05) is 6.07 Å². The van der Waals surface area contributed by atoms with Crippen LogP contribution in [-0.4, -0.2) is 27.3 Å². The van der Waals surface area contributed by atoms with Crippen LogP contribution in [0.1, 0.15) is 5.56 Å². The fraction of sp³-hybridized carbons (Fsp3) is 0.222. The minimum Gasteiger partial charge on any atom is -0.504 e. The molecule has 0 aliphatic carbocycles. The van der Waals surface area contributed by atoms with Gasteiger partial charge in [-0.05, 0) is 24.1 Å². The van der Waals surface area contributed by atoms with Gasteiger partial charge < -0.3 is 21.1 Å². The van der Waals surface area contributed by atoms with Gasteiger partial charge in [0.05, 0.1) is 0 Å². The maximum Gasteiger partial charge on any atom is 0.320 e. The molecule has 0 bridgehead atoms. The largest absolute Gasteiger partial charge is 0.504 e. The molecule has 0 heterocycles. The van der Waals surface area contributed by atoms with E-state index in [1.807, 2.05) is 0 Å². The number of carboxylic acids is 1. The van der Waals surface area contributed by atoms with E-state index in [2.05, 4.69) is 0 Å². The van der Waals surface area contributed by atoms with Gasteiger partial charge in [-0.15, -0.1) is 0 Å². The number of hydrogen-bond acceptors (Lipinski definition) is 4. The second-order valence-corrected chi connectivity index (χ2v) is 2.97. The molecule has 1 aromatic rings. The SMILES string of the molecule is N[C@@H](Cc1ccc(O)c(O)c1)C(=O)O.[Au]. The van der Waals surface area contributed by atoms with E-state index in [1.54, 1.807) is 0 Å². The first kappa shape index (κ1) is 14.0. The minimum absolute atomic E-state index is 0. The van der Waals surface area contributed by atoms with Crippen molar-refractivity contribution in [1.82, 2.24) is 0 Å². The van der Waals surface area contributed by atoms with Crippen LogP contribution in [0.2, 0.25) is 0 Å². The number of phenols is 2. The third-order valence-electron chi connectivity index (χ3n) is 1.81. The maximum atomic E-state index is 10.4. The van der Waals surface area contributed by atoms with E-state index >= 15 is 0 Å². The van der Waals surface area contributed by atoms with Crippen LogP contribution < -0.4 is 5.73 Å². The Morgan fingerprint density at radius 1 is 1.33 bits per heavy atom. The first-order chi connectivity index (χ1) is 6.50. The third kappa shape index (κ3) is 3.93. The maximum absolute atomic E-state index is 10.4. The second-order valence-electron chi connectivity index (χ2n) is 2.97. The number of benzene rings is 1. The van der Waals surface area contributed by atoms with E-state index in [0.717, 1.165) is 0 Å². The number of aromatic hydroxyl groups is 2. The number of hydrogen-bond donors (Lipinski definition) is 4. The molecule has 0 saturated carbocycles. The molecular weight excluding hydrogens is 383 g/mol. The van der Waals surface area contributed by atoms with Crippen LogP contribution in [0, 0.1) is 0 Å². The van der Waals surface area contributed by atoms with Crippen molar-refractivity contribution in [2.75, 3.05) is 0 Å². The summed E-state index contributed by atoms with van der Waals surface area (Å²) in [5.41, 5.74) is 5.86. The monoisotopic (exact) mass is 394 g/mol. The summed E-state index contributed by atoms with van der Waals surface area (Å²) in [6.45, 7) is 0. The standard InChI is InChI=1S/C9H11NO4.Au/c10-6(9(13)14)3-5-1-2-7(11)8(12)4-5;/h1-2,4,6,11-12H,3,10H2,(H,13,14);/t6-;/m0./s1. The number of carbonyl (C=O) groups is 1. The Morgan fingerprint density at radius 3 is 2.40 bits per heavy atom. The number of rotatable bonds is 3. The summed E-state index contributed by atoms with van der Waals surface area (Å²) in [5, 5.41) is 26.6. The van der Waals surface area contributed by atoms with E-state index in [9.17, 15) is 4.79 Å². The van der Waals surface area contributed by atoms with Crippen LogP contribution in [0.5, 0.6) is 11.5 Å². The van der Waals surface area contributed by atoms with E-state index in [0.29, 0.717) is 5.56 Å². The van der Waals surface area contributed by atoms with Gasteiger partial charge >= 0.3 is 5.97 Å². The summed E-state index contributed by atoms with van der Waals surface area (Å²) in [4.78, 5) is 10.4. The molecule has 0 unspecified atom stereocenters. The van der Waals surface area contributed by atoms with E-state index in [1.165, 1.54) is 18.2 Å². The average molecular weight is 394 g/mol. The first-order valence-electron chi connectivity index (χ1n) is 4.00. The Hall–Kier alpha value is -1.01. The second kappa shape index (κ2) is 5.77. The summed E-state index contributed by atoms with van der Waals surface area (Å²) in [5.74, 6) is -1.62. The van der Waals surface area contributed by atoms with Crippen LogP contribution >= 0.6 is 0 Å². The molecule has 0 spiro atoms. The Bertz CT molecular complexity index is 356. The third-order valence-corrected chi connectivity index (χ3v) is 1.81. The number of carboxylic acid groups (broad SMARTS) is 1. The van der Waals surface area contributed by atoms with Crippen molar-refractivity contribution in [3.8, 4) is 11.5 Å². The van der Waals surface area contributed by atoms with Crippen molar-refractivity contribution in [2.45, 2.75) is 12.5 Å². The molecule has 0 fully saturated rings. The van der Waals surface area contributed by atoms with Crippen molar-refractivity contribution >= 4 is 5.97 Å². The van der Waals surface area contributed by atoms with Gasteiger partial charge in [0.25, 0.3) is 0 Å². The number of nitrogens with two attached hydrogens (primary N) is 1. The van der Waals surface area contributed by atoms with Crippen molar-refractivity contribution in [3.05, 3.63) is 23.8 Å². The molecular formula is C9H11AuNO4.